The van der Waals surface area contributed by atoms with E-state index in [-0.39, 0.29) is 5.92 Å². The second-order valence-corrected chi connectivity index (χ2v) is 14.8. The van der Waals surface area contributed by atoms with E-state index in [0.29, 0.717) is 0 Å². The van der Waals surface area contributed by atoms with Gasteiger partial charge < -0.3 is 28.4 Å². The van der Waals surface area contributed by atoms with Crippen LogP contribution in [0, 0.1) is 26.7 Å². The topological polar surface area (TPSA) is 55.4 Å². The van der Waals surface area contributed by atoms with Gasteiger partial charge in [0.25, 0.3) is 0 Å². The summed E-state index contributed by atoms with van der Waals surface area (Å²) >= 11 is 0. The molecule has 0 fully saturated rings. The average molecular weight is 603 g/mol. The van der Waals surface area contributed by atoms with Gasteiger partial charge in [-0.05, 0) is 106 Å². The van der Waals surface area contributed by atoms with Crippen LogP contribution in [0.3, 0.4) is 0 Å². The lowest BCUT2D eigenvalue weighted by Crippen LogP contribution is -2.72. The zero-order chi connectivity index (χ0) is 31.8. The number of rotatable bonds is 10. The van der Waals surface area contributed by atoms with Crippen LogP contribution in [-0.2, 0) is 0 Å². The van der Waals surface area contributed by atoms with Gasteiger partial charge in [0.05, 0.1) is 42.7 Å². The van der Waals surface area contributed by atoms with Gasteiger partial charge in [0.2, 0.25) is 0 Å². The van der Waals surface area contributed by atoms with Crippen LogP contribution in [0.2, 0.25) is 0 Å². The van der Waals surface area contributed by atoms with E-state index < -0.39 is 8.07 Å². The predicted molar refractivity (Wildman–Crippen MR) is 178 cm³/mol. The molecule has 4 rings (SSSR count). The number of benzene rings is 3. The summed E-state index contributed by atoms with van der Waals surface area (Å²) in [6.45, 7) is 15.4. The Morgan fingerprint density at radius 3 is 0.953 bits per heavy atom. The number of allylic oxidation sites excluding steroid dienone is 4. The Balaban J connectivity index is 2.53. The third-order valence-corrected chi connectivity index (χ3v) is 15.4. The van der Waals surface area contributed by atoms with Crippen LogP contribution in [0.15, 0.2) is 58.3 Å². The highest BCUT2D eigenvalue weighted by Crippen LogP contribution is 2.46. The van der Waals surface area contributed by atoms with Gasteiger partial charge in [0.1, 0.15) is 34.5 Å². The van der Waals surface area contributed by atoms with Crippen molar-refractivity contribution < 1.29 is 28.4 Å². The van der Waals surface area contributed by atoms with Crippen LogP contribution in [0.5, 0.6) is 34.5 Å². The fourth-order valence-corrected chi connectivity index (χ4v) is 14.2. The summed E-state index contributed by atoms with van der Waals surface area (Å²) in [5, 5.41) is 4.61. The van der Waals surface area contributed by atoms with Crippen molar-refractivity contribution in [2.75, 3.05) is 42.7 Å². The molecule has 3 aromatic rings. The Kier molecular flexibility index (Phi) is 9.26. The lowest BCUT2D eigenvalue weighted by molar-refractivity contribution is 0.401. The molecule has 0 N–H and O–H groups in total. The summed E-state index contributed by atoms with van der Waals surface area (Å²) < 4.78 is 36.9. The molecular formula is C36H46O6Si. The lowest BCUT2D eigenvalue weighted by atomic mass is 10.1. The molecule has 1 aliphatic carbocycles. The first-order chi connectivity index (χ1) is 20.5. The summed E-state index contributed by atoms with van der Waals surface area (Å²) in [6.07, 6.45) is 0. The van der Waals surface area contributed by atoms with Gasteiger partial charge in [-0.2, -0.15) is 0 Å². The van der Waals surface area contributed by atoms with Gasteiger partial charge in [-0.15, -0.1) is 0 Å². The van der Waals surface area contributed by atoms with Crippen molar-refractivity contribution in [2.45, 2.75) is 48.5 Å². The minimum atomic E-state index is -3.45. The first-order valence-corrected chi connectivity index (χ1v) is 16.6. The molecule has 1 unspecified atom stereocenters. The van der Waals surface area contributed by atoms with Gasteiger partial charge in [-0.3, -0.25) is 0 Å². The van der Waals surface area contributed by atoms with Crippen LogP contribution in [0.4, 0.5) is 0 Å². The number of hydrogen-bond donors (Lipinski definition) is 0. The largest absolute Gasteiger partial charge is 0.497 e. The third-order valence-electron chi connectivity index (χ3n) is 9.62. The van der Waals surface area contributed by atoms with E-state index in [0.717, 1.165) is 66.7 Å². The molecule has 0 spiro atoms. The van der Waals surface area contributed by atoms with Crippen molar-refractivity contribution in [3.05, 3.63) is 75.0 Å². The highest BCUT2D eigenvalue weighted by atomic mass is 28.3. The zero-order valence-electron chi connectivity index (χ0n) is 28.0. The summed E-state index contributed by atoms with van der Waals surface area (Å²) in [5.41, 5.74) is 6.96. The second-order valence-electron chi connectivity index (χ2n) is 11.2. The minimum absolute atomic E-state index is 0.132. The van der Waals surface area contributed by atoms with Gasteiger partial charge >= 0.3 is 0 Å². The maximum absolute atomic E-state index is 6.30. The Morgan fingerprint density at radius 2 is 0.721 bits per heavy atom. The van der Waals surface area contributed by atoms with Crippen LogP contribution < -0.4 is 44.0 Å². The molecule has 6 nitrogen and oxygen atoms in total. The third kappa shape index (κ3) is 4.69. The molecule has 0 radical (unpaired) electrons. The van der Waals surface area contributed by atoms with Crippen molar-refractivity contribution in [1.82, 2.24) is 0 Å². The summed E-state index contributed by atoms with van der Waals surface area (Å²) in [4.78, 5) is 0. The highest BCUT2D eigenvalue weighted by molar-refractivity contribution is 7.18. The Morgan fingerprint density at radius 1 is 0.442 bits per heavy atom. The zero-order valence-corrected chi connectivity index (χ0v) is 29.0. The molecule has 43 heavy (non-hydrogen) atoms. The van der Waals surface area contributed by atoms with Gasteiger partial charge in [-0.1, -0.05) is 23.3 Å². The van der Waals surface area contributed by atoms with E-state index >= 15 is 0 Å². The van der Waals surface area contributed by atoms with E-state index in [9.17, 15) is 0 Å². The van der Waals surface area contributed by atoms with E-state index in [1.165, 1.54) is 21.9 Å². The minimum Gasteiger partial charge on any atom is -0.497 e. The SMILES string of the molecule is COc1ccc(OC)c([Si](C2=C(C)C(C)=C(C)C2C)(c2c(OC)ccc(OC)c2C)c2c(OC)ccc(OC)c2C)c1C. The molecule has 0 saturated carbocycles. The quantitative estimate of drug-likeness (QED) is 0.210. The molecule has 1 aliphatic rings. The molecule has 0 amide bonds. The maximum atomic E-state index is 6.30. The molecule has 1 atom stereocenters. The molecular weight excluding hydrogens is 556 g/mol. The average Bonchev–Trinajstić information content (AvgIpc) is 3.20. The van der Waals surface area contributed by atoms with Gasteiger partial charge in [0.15, 0.2) is 8.07 Å². The molecule has 230 valence electrons. The second kappa shape index (κ2) is 12.4. The van der Waals surface area contributed by atoms with E-state index in [2.05, 4.69) is 48.5 Å². The summed E-state index contributed by atoms with van der Waals surface area (Å²) in [7, 11) is 6.92. The highest BCUT2D eigenvalue weighted by Gasteiger charge is 2.55. The van der Waals surface area contributed by atoms with Crippen LogP contribution >= 0.6 is 0 Å². The lowest BCUT2D eigenvalue weighted by Gasteiger charge is -2.43. The fourth-order valence-electron chi connectivity index (χ4n) is 7.32. The Labute approximate surface area is 258 Å². The van der Waals surface area contributed by atoms with Crippen molar-refractivity contribution in [1.29, 1.82) is 0 Å². The fraction of sp³-hybridized carbons (Fsp3) is 0.389. The van der Waals surface area contributed by atoms with Gasteiger partial charge in [-0.25, -0.2) is 0 Å². The van der Waals surface area contributed by atoms with Gasteiger partial charge in [0, 0.05) is 15.6 Å². The van der Waals surface area contributed by atoms with Crippen molar-refractivity contribution in [3.8, 4) is 34.5 Å². The first kappa shape index (κ1) is 32.1. The smallest absolute Gasteiger partial charge is 0.190 e. The summed E-state index contributed by atoms with van der Waals surface area (Å²) in [5.74, 6) is 4.85. The number of hydrogen-bond acceptors (Lipinski definition) is 6. The number of ether oxygens (including phenoxy) is 6. The predicted octanol–water partition coefficient (Wildman–Crippen LogP) is 5.98. The monoisotopic (exact) mass is 602 g/mol. The van der Waals surface area contributed by atoms with E-state index in [4.69, 9.17) is 28.4 Å². The first-order valence-electron chi connectivity index (χ1n) is 14.6. The molecule has 0 saturated heterocycles. The molecule has 0 heterocycles. The molecule has 0 bridgehead atoms. The Bertz CT molecular complexity index is 1470. The van der Waals surface area contributed by atoms with E-state index in [1.54, 1.807) is 42.7 Å². The van der Waals surface area contributed by atoms with Crippen molar-refractivity contribution in [3.63, 3.8) is 0 Å². The Hall–Kier alpha value is -3.84. The molecule has 0 aromatic heterocycles. The standard InChI is InChI=1S/C36H46O6Si/c1-20-21(2)23(4)33(22(20)3)43(34-24(5)27(37-8)14-17-30(34)40-11,35-25(6)28(38-9)15-18-31(35)41-12)36-26(7)29(39-10)16-19-32(36)42-13/h14-19,22H,1-13H3. The van der Waals surface area contributed by atoms with E-state index in [1.807, 2.05) is 36.4 Å². The van der Waals surface area contributed by atoms with Crippen LogP contribution in [0.1, 0.15) is 44.4 Å². The summed E-state index contributed by atoms with van der Waals surface area (Å²) in [6, 6.07) is 12.0. The van der Waals surface area contributed by atoms with Crippen LogP contribution in [-0.4, -0.2) is 50.7 Å². The maximum Gasteiger partial charge on any atom is 0.190 e. The molecule has 7 heteroatoms. The van der Waals surface area contributed by atoms with Crippen molar-refractivity contribution in [2.24, 2.45) is 5.92 Å². The molecule has 0 aliphatic heterocycles. The molecule has 3 aromatic carbocycles. The van der Waals surface area contributed by atoms with Crippen molar-refractivity contribution >= 4 is 23.6 Å². The van der Waals surface area contributed by atoms with Crippen LogP contribution in [0.25, 0.3) is 0 Å². The normalized spacial score (nSPS) is 15.1. The number of methoxy groups -OCH3 is 6.